The Labute approximate surface area is 124 Å². The van der Waals surface area contributed by atoms with E-state index in [1.807, 2.05) is 37.3 Å². The Hall–Kier alpha value is -2.14. The van der Waals surface area contributed by atoms with Crippen molar-refractivity contribution in [1.82, 2.24) is 8.96 Å². The highest BCUT2D eigenvalue weighted by molar-refractivity contribution is 7.90. The van der Waals surface area contributed by atoms with Crippen molar-refractivity contribution in [3.63, 3.8) is 0 Å². The Balaban J connectivity index is 2.35. The Morgan fingerprint density at radius 2 is 1.71 bits per heavy atom. The van der Waals surface area contributed by atoms with Crippen molar-refractivity contribution in [2.75, 3.05) is 0 Å². The summed E-state index contributed by atoms with van der Waals surface area (Å²) in [6.07, 6.45) is 0. The van der Waals surface area contributed by atoms with Gasteiger partial charge in [-0.05, 0) is 50.1 Å². The Bertz CT molecular complexity index is 940. The third-order valence-corrected chi connectivity index (χ3v) is 5.48. The molecule has 0 N–H and O–H groups in total. The predicted molar refractivity (Wildman–Crippen MR) is 83.0 cm³/mol. The fourth-order valence-electron chi connectivity index (χ4n) is 2.51. The highest BCUT2D eigenvalue weighted by Gasteiger charge is 2.24. The summed E-state index contributed by atoms with van der Waals surface area (Å²) in [4.78, 5) is 4.67. The van der Waals surface area contributed by atoms with E-state index < -0.39 is 10.0 Å². The molecule has 2 aromatic carbocycles. The monoisotopic (exact) mass is 300 g/mol. The van der Waals surface area contributed by atoms with Crippen LogP contribution in [0.3, 0.4) is 0 Å². The van der Waals surface area contributed by atoms with Crippen molar-refractivity contribution in [3.8, 4) is 0 Å². The molecule has 0 amide bonds. The van der Waals surface area contributed by atoms with Gasteiger partial charge in [-0.1, -0.05) is 24.3 Å². The number of aryl methyl sites for hydroxylation is 3. The number of benzene rings is 2. The molecule has 0 bridgehead atoms. The maximum absolute atomic E-state index is 13.0. The van der Waals surface area contributed by atoms with Crippen molar-refractivity contribution >= 4 is 21.1 Å². The molecule has 1 heterocycles. The van der Waals surface area contributed by atoms with E-state index >= 15 is 0 Å². The molecule has 5 heteroatoms. The number of nitrogens with zero attached hydrogens (tertiary/aromatic N) is 2. The molecule has 4 nitrogen and oxygen atoms in total. The lowest BCUT2D eigenvalue weighted by Crippen LogP contribution is -2.15. The zero-order valence-corrected chi connectivity index (χ0v) is 13.0. The topological polar surface area (TPSA) is 52.0 Å². The van der Waals surface area contributed by atoms with Crippen LogP contribution in [0.15, 0.2) is 47.4 Å². The average molecular weight is 300 g/mol. The van der Waals surface area contributed by atoms with Gasteiger partial charge in [0, 0.05) is 0 Å². The fourth-order valence-corrected chi connectivity index (χ4v) is 4.32. The van der Waals surface area contributed by atoms with Crippen LogP contribution in [0.1, 0.15) is 17.0 Å². The van der Waals surface area contributed by atoms with Gasteiger partial charge in [-0.3, -0.25) is 0 Å². The number of fused-ring (bicyclic) bond motifs is 1. The minimum Gasteiger partial charge on any atom is -0.232 e. The van der Waals surface area contributed by atoms with Gasteiger partial charge in [-0.15, -0.1) is 0 Å². The van der Waals surface area contributed by atoms with Gasteiger partial charge in [0.05, 0.1) is 15.9 Å². The number of imidazole rings is 1. The predicted octanol–water partition coefficient (Wildman–Crippen LogP) is 3.20. The van der Waals surface area contributed by atoms with Crippen molar-refractivity contribution in [1.29, 1.82) is 0 Å². The molecule has 0 aliphatic carbocycles. The maximum Gasteiger partial charge on any atom is 0.269 e. The van der Waals surface area contributed by atoms with E-state index in [1.165, 1.54) is 3.97 Å². The largest absolute Gasteiger partial charge is 0.269 e. The fraction of sp³-hybridized carbons (Fsp3) is 0.188. The third kappa shape index (κ3) is 2.14. The summed E-state index contributed by atoms with van der Waals surface area (Å²) >= 11 is 0. The molecule has 21 heavy (non-hydrogen) atoms. The van der Waals surface area contributed by atoms with Gasteiger partial charge >= 0.3 is 0 Å². The molecule has 0 atom stereocenters. The van der Waals surface area contributed by atoms with E-state index in [0.717, 1.165) is 11.1 Å². The summed E-state index contributed by atoms with van der Waals surface area (Å²) in [5.41, 5.74) is 2.94. The van der Waals surface area contributed by atoms with E-state index in [0.29, 0.717) is 21.8 Å². The summed E-state index contributed by atoms with van der Waals surface area (Å²) in [5.74, 6) is 0.470. The zero-order chi connectivity index (χ0) is 15.2. The number of hydrogen-bond donors (Lipinski definition) is 0. The molecule has 3 aromatic rings. The molecule has 1 aromatic heterocycles. The first-order chi connectivity index (χ1) is 9.91. The second-order valence-electron chi connectivity index (χ2n) is 5.19. The van der Waals surface area contributed by atoms with E-state index in [2.05, 4.69) is 4.98 Å². The van der Waals surface area contributed by atoms with E-state index in [1.54, 1.807) is 26.0 Å². The van der Waals surface area contributed by atoms with E-state index in [4.69, 9.17) is 0 Å². The Morgan fingerprint density at radius 3 is 2.48 bits per heavy atom. The first-order valence-electron chi connectivity index (χ1n) is 6.68. The summed E-state index contributed by atoms with van der Waals surface area (Å²) in [6, 6.07) is 12.7. The van der Waals surface area contributed by atoms with Crippen molar-refractivity contribution in [2.24, 2.45) is 0 Å². The highest BCUT2D eigenvalue weighted by atomic mass is 32.2. The quantitative estimate of drug-likeness (QED) is 0.730. The SMILES string of the molecule is Cc1ccc(C)c(S(=O)(=O)n2c(C)nc3ccccc32)c1. The normalized spacial score (nSPS) is 12.0. The Morgan fingerprint density at radius 1 is 1.00 bits per heavy atom. The van der Waals surface area contributed by atoms with Gasteiger partial charge in [0.2, 0.25) is 0 Å². The molecule has 0 spiro atoms. The van der Waals surface area contributed by atoms with Gasteiger partial charge in [0.25, 0.3) is 10.0 Å². The number of para-hydroxylation sites is 2. The highest BCUT2D eigenvalue weighted by Crippen LogP contribution is 2.25. The van der Waals surface area contributed by atoms with Crippen molar-refractivity contribution < 1.29 is 8.42 Å². The van der Waals surface area contributed by atoms with Crippen LogP contribution in [0.5, 0.6) is 0 Å². The molecule has 0 saturated heterocycles. The van der Waals surface area contributed by atoms with Gasteiger partial charge in [-0.2, -0.15) is 0 Å². The molecule has 108 valence electrons. The van der Waals surface area contributed by atoms with Crippen LogP contribution in [0.4, 0.5) is 0 Å². The Kier molecular flexibility index (Phi) is 3.10. The molecule has 0 aliphatic rings. The van der Waals surface area contributed by atoms with Crippen LogP contribution in [0, 0.1) is 20.8 Å². The average Bonchev–Trinajstić information content (AvgIpc) is 2.77. The van der Waals surface area contributed by atoms with Crippen LogP contribution in [-0.2, 0) is 10.0 Å². The lowest BCUT2D eigenvalue weighted by molar-refractivity contribution is 0.586. The maximum atomic E-state index is 13.0. The first-order valence-corrected chi connectivity index (χ1v) is 8.12. The third-order valence-electron chi connectivity index (χ3n) is 3.54. The van der Waals surface area contributed by atoms with Gasteiger partial charge in [0.1, 0.15) is 5.82 Å². The second kappa shape index (κ2) is 4.70. The molecule has 0 radical (unpaired) electrons. The van der Waals surface area contributed by atoms with Gasteiger partial charge in [0.15, 0.2) is 0 Å². The summed E-state index contributed by atoms with van der Waals surface area (Å²) in [5, 5.41) is 0. The minimum atomic E-state index is -3.65. The molecule has 0 aliphatic heterocycles. The molecular weight excluding hydrogens is 284 g/mol. The van der Waals surface area contributed by atoms with Crippen LogP contribution in [0.2, 0.25) is 0 Å². The van der Waals surface area contributed by atoms with Crippen molar-refractivity contribution in [2.45, 2.75) is 25.7 Å². The standard InChI is InChI=1S/C16H16N2O2S/c1-11-8-9-12(2)16(10-11)21(19,20)18-13(3)17-14-6-4-5-7-15(14)18/h4-10H,1-3H3. The summed E-state index contributed by atoms with van der Waals surface area (Å²) in [6.45, 7) is 5.40. The number of rotatable bonds is 2. The minimum absolute atomic E-state index is 0.328. The van der Waals surface area contributed by atoms with Gasteiger partial charge in [-0.25, -0.2) is 17.4 Å². The zero-order valence-electron chi connectivity index (χ0n) is 12.2. The first kappa shape index (κ1) is 13.8. The van der Waals surface area contributed by atoms with Crippen LogP contribution >= 0.6 is 0 Å². The summed E-state index contributed by atoms with van der Waals surface area (Å²) in [7, 11) is -3.65. The van der Waals surface area contributed by atoms with Crippen LogP contribution in [-0.4, -0.2) is 17.4 Å². The summed E-state index contributed by atoms with van der Waals surface area (Å²) < 4.78 is 27.4. The lowest BCUT2D eigenvalue weighted by atomic mass is 10.2. The number of aromatic nitrogens is 2. The smallest absolute Gasteiger partial charge is 0.232 e. The molecular formula is C16H16N2O2S. The molecule has 0 fully saturated rings. The van der Waals surface area contributed by atoms with E-state index in [-0.39, 0.29) is 0 Å². The molecule has 3 rings (SSSR count). The van der Waals surface area contributed by atoms with E-state index in [9.17, 15) is 8.42 Å². The molecule has 0 saturated carbocycles. The van der Waals surface area contributed by atoms with Gasteiger partial charge < -0.3 is 0 Å². The second-order valence-corrected chi connectivity index (χ2v) is 6.94. The van der Waals surface area contributed by atoms with Crippen LogP contribution in [0.25, 0.3) is 11.0 Å². The van der Waals surface area contributed by atoms with Crippen molar-refractivity contribution in [3.05, 3.63) is 59.4 Å². The number of hydrogen-bond acceptors (Lipinski definition) is 3. The molecule has 0 unspecified atom stereocenters. The lowest BCUT2D eigenvalue weighted by Gasteiger charge is -2.11. The van der Waals surface area contributed by atoms with Crippen LogP contribution < -0.4 is 0 Å².